The number of nitrogens with one attached hydrogen (secondary N) is 1. The number of rotatable bonds is 5. The fourth-order valence-corrected chi connectivity index (χ4v) is 3.72. The zero-order chi connectivity index (χ0) is 17.6. The van der Waals surface area contributed by atoms with E-state index in [-0.39, 0.29) is 24.2 Å². The van der Waals surface area contributed by atoms with E-state index in [9.17, 15) is 14.0 Å². The van der Waals surface area contributed by atoms with Crippen molar-refractivity contribution in [3.8, 4) is 0 Å². The number of hydrogen-bond acceptors (Lipinski definition) is 3. The lowest BCUT2D eigenvalue weighted by atomic mass is 10.0. The maximum atomic E-state index is 13.1. The van der Waals surface area contributed by atoms with Crippen molar-refractivity contribution in [2.45, 2.75) is 32.1 Å². The average molecular weight is 347 g/mol. The highest BCUT2D eigenvalue weighted by atomic mass is 19.1. The molecule has 0 radical (unpaired) electrons. The first-order chi connectivity index (χ1) is 12.1. The van der Waals surface area contributed by atoms with E-state index < -0.39 is 0 Å². The van der Waals surface area contributed by atoms with Gasteiger partial charge in [-0.25, -0.2) is 4.39 Å². The lowest BCUT2D eigenvalue weighted by Gasteiger charge is -2.34. The Labute approximate surface area is 148 Å². The molecule has 1 saturated carbocycles. The Morgan fingerprint density at radius 1 is 1.12 bits per heavy atom. The van der Waals surface area contributed by atoms with Gasteiger partial charge in [-0.15, -0.1) is 0 Å². The van der Waals surface area contributed by atoms with Crippen LogP contribution in [-0.4, -0.2) is 54.3 Å². The largest absolute Gasteiger partial charge is 0.340 e. The van der Waals surface area contributed by atoms with Gasteiger partial charge in [0.1, 0.15) is 5.82 Å². The Balaban J connectivity index is 1.39. The number of carbonyl (C=O) groups is 2. The molecule has 1 aliphatic carbocycles. The molecule has 1 N–H and O–H groups in total. The van der Waals surface area contributed by atoms with Crippen LogP contribution in [0.4, 0.5) is 10.1 Å². The third-order valence-electron chi connectivity index (χ3n) is 5.14. The molecule has 1 saturated heterocycles. The third kappa shape index (κ3) is 5.26. The minimum absolute atomic E-state index is 0.156. The summed E-state index contributed by atoms with van der Waals surface area (Å²) in [4.78, 5) is 28.4. The van der Waals surface area contributed by atoms with Crippen molar-refractivity contribution in [3.05, 3.63) is 30.1 Å². The summed E-state index contributed by atoms with van der Waals surface area (Å²) in [5.74, 6) is 0.307. The fraction of sp³-hybridized carbons (Fsp3) is 0.579. The van der Waals surface area contributed by atoms with E-state index >= 15 is 0 Å². The molecule has 0 atom stereocenters. The van der Waals surface area contributed by atoms with Crippen LogP contribution in [-0.2, 0) is 9.59 Å². The van der Waals surface area contributed by atoms with Gasteiger partial charge in [-0.05, 0) is 37.0 Å². The van der Waals surface area contributed by atoms with Crippen LogP contribution in [0.1, 0.15) is 32.1 Å². The van der Waals surface area contributed by atoms with Crippen LogP contribution in [0.25, 0.3) is 0 Å². The SMILES string of the molecule is O=C(CN1CCN(C(=O)CC2CCCC2)CC1)Nc1cccc(F)c1. The highest BCUT2D eigenvalue weighted by Crippen LogP contribution is 2.28. The zero-order valence-corrected chi connectivity index (χ0v) is 14.5. The zero-order valence-electron chi connectivity index (χ0n) is 14.5. The number of piperazine rings is 1. The number of anilines is 1. The quantitative estimate of drug-likeness (QED) is 0.890. The first-order valence-corrected chi connectivity index (χ1v) is 9.16. The minimum atomic E-state index is -0.368. The van der Waals surface area contributed by atoms with Crippen LogP contribution < -0.4 is 5.32 Å². The molecule has 2 aliphatic rings. The summed E-state index contributed by atoms with van der Waals surface area (Å²) in [6.45, 7) is 3.03. The first kappa shape index (κ1) is 17.9. The smallest absolute Gasteiger partial charge is 0.238 e. The fourth-order valence-electron chi connectivity index (χ4n) is 3.72. The van der Waals surface area contributed by atoms with E-state index in [1.807, 2.05) is 9.80 Å². The summed E-state index contributed by atoms with van der Waals surface area (Å²) >= 11 is 0. The van der Waals surface area contributed by atoms with E-state index in [0.717, 1.165) is 0 Å². The molecule has 0 unspecified atom stereocenters. The van der Waals surface area contributed by atoms with Crippen molar-refractivity contribution >= 4 is 17.5 Å². The third-order valence-corrected chi connectivity index (χ3v) is 5.14. The van der Waals surface area contributed by atoms with E-state index in [4.69, 9.17) is 0 Å². The molecule has 0 bridgehead atoms. The molecule has 0 aromatic heterocycles. The summed E-state index contributed by atoms with van der Waals surface area (Å²) in [6, 6.07) is 5.88. The molecule has 3 rings (SSSR count). The van der Waals surface area contributed by atoms with Gasteiger partial charge < -0.3 is 10.2 Å². The molecule has 1 aromatic rings. The van der Waals surface area contributed by atoms with Gasteiger partial charge in [0.15, 0.2) is 0 Å². The summed E-state index contributed by atoms with van der Waals surface area (Å²) in [6.07, 6.45) is 5.57. The molecule has 5 nitrogen and oxygen atoms in total. The van der Waals surface area contributed by atoms with E-state index in [1.54, 1.807) is 12.1 Å². The Kier molecular flexibility index (Phi) is 6.02. The van der Waals surface area contributed by atoms with Gasteiger partial charge in [-0.3, -0.25) is 14.5 Å². The summed E-state index contributed by atoms with van der Waals surface area (Å²) in [7, 11) is 0. The molecular weight excluding hydrogens is 321 g/mol. The Hall–Kier alpha value is -1.95. The molecule has 25 heavy (non-hydrogen) atoms. The molecule has 2 fully saturated rings. The molecular formula is C19H26FN3O2. The van der Waals surface area contributed by atoms with Gasteiger partial charge in [0.2, 0.25) is 11.8 Å². The number of nitrogens with zero attached hydrogens (tertiary/aromatic N) is 2. The van der Waals surface area contributed by atoms with Gasteiger partial charge >= 0.3 is 0 Å². The molecule has 0 spiro atoms. The topological polar surface area (TPSA) is 52.7 Å². The van der Waals surface area contributed by atoms with Crippen LogP contribution in [0.5, 0.6) is 0 Å². The standard InChI is InChI=1S/C19H26FN3O2/c20-16-6-3-7-17(13-16)21-18(24)14-22-8-10-23(11-9-22)19(25)12-15-4-1-2-5-15/h3,6-7,13,15H,1-2,4-5,8-12,14H2,(H,21,24). The monoisotopic (exact) mass is 347 g/mol. The highest BCUT2D eigenvalue weighted by molar-refractivity contribution is 5.92. The number of benzene rings is 1. The molecule has 1 aromatic carbocycles. The van der Waals surface area contributed by atoms with Gasteiger partial charge in [-0.1, -0.05) is 18.9 Å². The maximum absolute atomic E-state index is 13.1. The van der Waals surface area contributed by atoms with Crippen molar-refractivity contribution in [3.63, 3.8) is 0 Å². The number of amides is 2. The van der Waals surface area contributed by atoms with Crippen LogP contribution in [0.2, 0.25) is 0 Å². The van der Waals surface area contributed by atoms with E-state index in [2.05, 4.69) is 5.32 Å². The minimum Gasteiger partial charge on any atom is -0.340 e. The molecule has 2 amide bonds. The van der Waals surface area contributed by atoms with Gasteiger partial charge in [0.05, 0.1) is 6.54 Å². The lowest BCUT2D eigenvalue weighted by Crippen LogP contribution is -2.50. The number of carbonyl (C=O) groups excluding carboxylic acids is 2. The van der Waals surface area contributed by atoms with Gasteiger partial charge in [-0.2, -0.15) is 0 Å². The second kappa shape index (κ2) is 8.43. The average Bonchev–Trinajstić information content (AvgIpc) is 3.08. The van der Waals surface area contributed by atoms with Crippen LogP contribution >= 0.6 is 0 Å². The second-order valence-corrected chi connectivity index (χ2v) is 7.07. The summed E-state index contributed by atoms with van der Waals surface area (Å²) < 4.78 is 13.1. The Bertz CT molecular complexity index is 608. The van der Waals surface area contributed by atoms with Crippen molar-refractivity contribution < 1.29 is 14.0 Å². The highest BCUT2D eigenvalue weighted by Gasteiger charge is 2.25. The van der Waals surface area contributed by atoms with Crippen molar-refractivity contribution in [2.24, 2.45) is 5.92 Å². The van der Waals surface area contributed by atoms with Crippen LogP contribution in [0, 0.1) is 11.7 Å². The predicted molar refractivity (Wildman–Crippen MR) is 94.6 cm³/mol. The maximum Gasteiger partial charge on any atom is 0.238 e. The van der Waals surface area contributed by atoms with Crippen LogP contribution in [0.3, 0.4) is 0 Å². The van der Waals surface area contributed by atoms with E-state index in [0.29, 0.717) is 44.2 Å². The Morgan fingerprint density at radius 3 is 2.52 bits per heavy atom. The first-order valence-electron chi connectivity index (χ1n) is 9.16. The van der Waals surface area contributed by atoms with Crippen molar-refractivity contribution in [1.82, 2.24) is 9.80 Å². The number of hydrogen-bond donors (Lipinski definition) is 1. The molecule has 6 heteroatoms. The summed E-state index contributed by atoms with van der Waals surface area (Å²) in [5.41, 5.74) is 0.468. The van der Waals surface area contributed by atoms with Gasteiger partial charge in [0.25, 0.3) is 0 Å². The van der Waals surface area contributed by atoms with E-state index in [1.165, 1.54) is 37.8 Å². The van der Waals surface area contributed by atoms with Gasteiger partial charge in [0, 0.05) is 38.3 Å². The molecule has 1 heterocycles. The summed E-state index contributed by atoms with van der Waals surface area (Å²) in [5, 5.41) is 2.71. The van der Waals surface area contributed by atoms with Crippen LogP contribution in [0.15, 0.2) is 24.3 Å². The number of halogens is 1. The van der Waals surface area contributed by atoms with Crippen molar-refractivity contribution in [1.29, 1.82) is 0 Å². The Morgan fingerprint density at radius 2 is 1.84 bits per heavy atom. The lowest BCUT2D eigenvalue weighted by molar-refractivity contribution is -0.134. The normalized spacial score (nSPS) is 19.2. The molecule has 1 aliphatic heterocycles. The second-order valence-electron chi connectivity index (χ2n) is 7.07. The molecule has 136 valence electrons. The predicted octanol–water partition coefficient (Wildman–Crippen LogP) is 2.49. The van der Waals surface area contributed by atoms with Crippen molar-refractivity contribution in [2.75, 3.05) is 38.0 Å².